The lowest BCUT2D eigenvalue weighted by Crippen LogP contribution is -1.97. The van der Waals surface area contributed by atoms with E-state index in [1.54, 1.807) is 18.7 Å². The normalized spacial score (nSPS) is 12.4. The molecule has 3 nitrogen and oxygen atoms in total. The Balaban J connectivity index is 2.82. The molecule has 0 aliphatic rings. The molecule has 0 spiro atoms. The molecule has 0 saturated carbocycles. The molecule has 0 aliphatic carbocycles. The predicted octanol–water partition coefficient (Wildman–Crippen LogP) is 0.789. The molecule has 1 aromatic heterocycles. The van der Waals surface area contributed by atoms with Gasteiger partial charge in [0, 0.05) is 12.4 Å². The van der Waals surface area contributed by atoms with Gasteiger partial charge in [-0.1, -0.05) is 6.08 Å². The van der Waals surface area contributed by atoms with Gasteiger partial charge in [-0.15, -0.1) is 6.58 Å². The fourth-order valence-electron chi connectivity index (χ4n) is 0.663. The highest BCUT2D eigenvalue weighted by molar-refractivity contribution is 5.63. The summed E-state index contributed by atoms with van der Waals surface area (Å²) in [6.45, 7) is 3.47. The Bertz CT molecular complexity index is 208. The lowest BCUT2D eigenvalue weighted by molar-refractivity contribution is 0.549. The molecular weight excluding hydrogens is 128 g/mol. The van der Waals surface area contributed by atoms with E-state index in [1.165, 1.54) is 6.08 Å². The van der Waals surface area contributed by atoms with Gasteiger partial charge in [0.1, 0.15) is 11.7 Å². The van der Waals surface area contributed by atoms with Crippen LogP contribution < -0.4 is 0 Å². The molecule has 3 heteroatoms. The molecule has 0 aliphatic heterocycles. The van der Waals surface area contributed by atoms with Crippen LogP contribution in [0.4, 0.5) is 0 Å². The highest BCUT2D eigenvalue weighted by Gasteiger charge is 2.07. The van der Waals surface area contributed by atoms with Gasteiger partial charge in [-0.2, -0.15) is 0 Å². The average Bonchev–Trinajstić information content (AvgIpc) is 2.43. The standard InChI is InChI=1S/C7H7N2O/c1-2-6(5-10)7-8-3-4-9-7/h2-4,6H,1H2,(H,8,9). The minimum atomic E-state index is -0.421. The highest BCUT2D eigenvalue weighted by atomic mass is 16.1. The number of aromatic amines is 1. The fourth-order valence-corrected chi connectivity index (χ4v) is 0.663. The highest BCUT2D eigenvalue weighted by Crippen LogP contribution is 2.06. The van der Waals surface area contributed by atoms with E-state index in [4.69, 9.17) is 0 Å². The summed E-state index contributed by atoms with van der Waals surface area (Å²) < 4.78 is 0. The fraction of sp³-hybridized carbons (Fsp3) is 0.143. The quantitative estimate of drug-likeness (QED) is 0.623. The number of nitrogens with one attached hydrogen (secondary N) is 1. The third-order valence-corrected chi connectivity index (χ3v) is 1.18. The van der Waals surface area contributed by atoms with E-state index >= 15 is 0 Å². The molecule has 1 atom stereocenters. The molecule has 10 heavy (non-hydrogen) atoms. The number of hydrogen-bond donors (Lipinski definition) is 1. The van der Waals surface area contributed by atoms with Crippen LogP contribution in [0.2, 0.25) is 0 Å². The predicted molar refractivity (Wildman–Crippen MR) is 37.2 cm³/mol. The van der Waals surface area contributed by atoms with Crippen molar-refractivity contribution in [3.8, 4) is 0 Å². The van der Waals surface area contributed by atoms with Crippen molar-refractivity contribution < 1.29 is 4.79 Å². The van der Waals surface area contributed by atoms with Crippen LogP contribution >= 0.6 is 0 Å². The van der Waals surface area contributed by atoms with Crippen molar-refractivity contribution >= 4 is 6.29 Å². The SMILES string of the molecule is C=CC([C]=O)c1ncc[nH]1. The number of aromatic nitrogens is 2. The van der Waals surface area contributed by atoms with Crippen molar-refractivity contribution in [2.45, 2.75) is 5.92 Å². The number of carbonyl (C=O) groups excluding carboxylic acids is 1. The Morgan fingerprint density at radius 3 is 3.10 bits per heavy atom. The van der Waals surface area contributed by atoms with Gasteiger partial charge in [-0.25, -0.2) is 4.98 Å². The van der Waals surface area contributed by atoms with Crippen LogP contribution in [-0.4, -0.2) is 16.3 Å². The third kappa shape index (κ3) is 1.13. The van der Waals surface area contributed by atoms with E-state index in [0.29, 0.717) is 5.82 Å². The molecule has 0 saturated heterocycles. The summed E-state index contributed by atoms with van der Waals surface area (Å²) in [5, 5.41) is 0. The van der Waals surface area contributed by atoms with E-state index < -0.39 is 5.92 Å². The lowest BCUT2D eigenvalue weighted by Gasteiger charge is -1.95. The molecule has 1 radical (unpaired) electrons. The van der Waals surface area contributed by atoms with Gasteiger partial charge < -0.3 is 4.98 Å². The van der Waals surface area contributed by atoms with Gasteiger partial charge in [0.25, 0.3) is 0 Å². The Hall–Kier alpha value is -1.38. The zero-order valence-corrected chi connectivity index (χ0v) is 5.37. The van der Waals surface area contributed by atoms with Crippen LogP contribution in [-0.2, 0) is 4.79 Å². The van der Waals surface area contributed by atoms with Crippen LogP contribution in [0.15, 0.2) is 25.0 Å². The van der Waals surface area contributed by atoms with Crippen molar-refractivity contribution in [1.82, 2.24) is 9.97 Å². The number of hydrogen-bond acceptors (Lipinski definition) is 2. The van der Waals surface area contributed by atoms with Gasteiger partial charge in [0.05, 0.1) is 0 Å². The number of allylic oxidation sites excluding steroid dienone is 1. The topological polar surface area (TPSA) is 45.8 Å². The minimum absolute atomic E-state index is 0.421. The largest absolute Gasteiger partial charge is 0.348 e. The zero-order valence-electron chi connectivity index (χ0n) is 5.37. The first-order valence-electron chi connectivity index (χ1n) is 2.88. The van der Waals surface area contributed by atoms with Crippen molar-refractivity contribution in [2.75, 3.05) is 0 Å². The molecule has 1 heterocycles. The van der Waals surface area contributed by atoms with E-state index in [0.717, 1.165) is 0 Å². The first-order chi connectivity index (χ1) is 4.88. The summed E-state index contributed by atoms with van der Waals surface area (Å²) >= 11 is 0. The molecule has 1 N–H and O–H groups in total. The summed E-state index contributed by atoms with van der Waals surface area (Å²) in [4.78, 5) is 16.8. The molecule has 0 bridgehead atoms. The molecular formula is C7H7N2O. The van der Waals surface area contributed by atoms with Gasteiger partial charge in [0.15, 0.2) is 0 Å². The third-order valence-electron chi connectivity index (χ3n) is 1.18. The number of imidazole rings is 1. The van der Waals surface area contributed by atoms with E-state index in [2.05, 4.69) is 16.5 Å². The van der Waals surface area contributed by atoms with Crippen molar-refractivity contribution in [1.29, 1.82) is 0 Å². The van der Waals surface area contributed by atoms with Gasteiger partial charge in [0.2, 0.25) is 6.29 Å². The molecule has 0 aromatic carbocycles. The maximum atomic E-state index is 10.2. The Labute approximate surface area is 58.8 Å². The molecule has 0 fully saturated rings. The van der Waals surface area contributed by atoms with Gasteiger partial charge in [-0.3, -0.25) is 4.79 Å². The second kappa shape index (κ2) is 2.96. The van der Waals surface area contributed by atoms with E-state index in [1.807, 2.05) is 0 Å². The minimum Gasteiger partial charge on any atom is -0.348 e. The van der Waals surface area contributed by atoms with Crippen LogP contribution in [0.1, 0.15) is 11.7 Å². The van der Waals surface area contributed by atoms with E-state index in [-0.39, 0.29) is 0 Å². The molecule has 0 amide bonds. The first-order valence-corrected chi connectivity index (χ1v) is 2.88. The summed E-state index contributed by atoms with van der Waals surface area (Å²) in [6, 6.07) is 0. The van der Waals surface area contributed by atoms with Crippen LogP contribution in [0.5, 0.6) is 0 Å². The summed E-state index contributed by atoms with van der Waals surface area (Å²) in [5.74, 6) is 0.167. The maximum absolute atomic E-state index is 10.2. The monoisotopic (exact) mass is 135 g/mol. The zero-order chi connectivity index (χ0) is 7.40. The van der Waals surface area contributed by atoms with Crippen LogP contribution in [0, 0.1) is 0 Å². The molecule has 51 valence electrons. The Kier molecular flexibility index (Phi) is 1.99. The average molecular weight is 135 g/mol. The summed E-state index contributed by atoms with van der Waals surface area (Å²) in [5.41, 5.74) is 0. The number of nitrogens with zero attached hydrogens (tertiary/aromatic N) is 1. The molecule has 1 rings (SSSR count). The maximum Gasteiger partial charge on any atom is 0.213 e. The smallest absolute Gasteiger partial charge is 0.213 e. The van der Waals surface area contributed by atoms with Gasteiger partial charge >= 0.3 is 0 Å². The Morgan fingerprint density at radius 2 is 2.70 bits per heavy atom. The lowest BCUT2D eigenvalue weighted by atomic mass is 10.2. The molecule has 1 aromatic rings. The number of H-pyrrole nitrogens is 1. The summed E-state index contributed by atoms with van der Waals surface area (Å²) in [7, 11) is 0. The molecule has 1 unspecified atom stereocenters. The van der Waals surface area contributed by atoms with Crippen LogP contribution in [0.25, 0.3) is 0 Å². The summed E-state index contributed by atoms with van der Waals surface area (Å²) in [6.07, 6.45) is 6.53. The van der Waals surface area contributed by atoms with Crippen molar-refractivity contribution in [3.05, 3.63) is 30.9 Å². The second-order valence-corrected chi connectivity index (χ2v) is 1.81. The second-order valence-electron chi connectivity index (χ2n) is 1.81. The van der Waals surface area contributed by atoms with Crippen molar-refractivity contribution in [3.63, 3.8) is 0 Å². The van der Waals surface area contributed by atoms with E-state index in [9.17, 15) is 4.79 Å². The van der Waals surface area contributed by atoms with Gasteiger partial charge in [-0.05, 0) is 0 Å². The Morgan fingerprint density at radius 1 is 1.90 bits per heavy atom. The first kappa shape index (κ1) is 6.74. The van der Waals surface area contributed by atoms with Crippen molar-refractivity contribution in [2.24, 2.45) is 0 Å². The number of rotatable bonds is 3. The van der Waals surface area contributed by atoms with Crippen LogP contribution in [0.3, 0.4) is 0 Å².